The van der Waals surface area contributed by atoms with Crippen molar-refractivity contribution >= 4 is 50.8 Å². The van der Waals surface area contributed by atoms with Crippen LogP contribution in [-0.2, 0) is 17.5 Å². The van der Waals surface area contributed by atoms with Gasteiger partial charge in [-0.1, -0.05) is 39.0 Å². The highest BCUT2D eigenvalue weighted by Gasteiger charge is 2.30. The van der Waals surface area contributed by atoms with Gasteiger partial charge < -0.3 is 16.0 Å². The van der Waals surface area contributed by atoms with Crippen LogP contribution in [0.3, 0.4) is 0 Å². The average Bonchev–Trinajstić information content (AvgIpc) is 3.26. The van der Waals surface area contributed by atoms with Gasteiger partial charge in [0.15, 0.2) is 5.82 Å². The van der Waals surface area contributed by atoms with Gasteiger partial charge in [-0.05, 0) is 66.3 Å². The number of anilines is 3. The predicted molar refractivity (Wildman–Crippen MR) is 147 cm³/mol. The topological polar surface area (TPSA) is 96.0 Å². The smallest absolute Gasteiger partial charge is 0.352 e. The lowest BCUT2D eigenvalue weighted by Gasteiger charge is -2.19. The maximum Gasteiger partial charge on any atom is 0.416 e. The molecule has 39 heavy (non-hydrogen) atoms. The minimum Gasteiger partial charge on any atom is -0.352 e. The average molecular weight is 556 g/mol. The molecule has 3 N–H and O–H groups in total. The zero-order valence-corrected chi connectivity index (χ0v) is 22.9. The fraction of sp³-hybridized carbons (Fsp3) is 0.286. The molecular formula is C28H28F3N5O2S. The zero-order chi connectivity index (χ0) is 28.5. The maximum absolute atomic E-state index is 13.4. The fourth-order valence-corrected chi connectivity index (χ4v) is 4.76. The number of aromatic nitrogens is 2. The molecule has 0 spiro atoms. The Morgan fingerprint density at radius 1 is 1.03 bits per heavy atom. The lowest BCUT2D eigenvalue weighted by Crippen LogP contribution is -2.34. The Hall–Kier alpha value is -3.99. The summed E-state index contributed by atoms with van der Waals surface area (Å²) in [6.07, 6.45) is -2.97. The molecule has 2 amide bonds. The summed E-state index contributed by atoms with van der Waals surface area (Å²) in [5.41, 5.74) is 2.65. The quantitative estimate of drug-likeness (QED) is 0.238. The number of alkyl halides is 3. The molecule has 0 fully saturated rings. The predicted octanol–water partition coefficient (Wildman–Crippen LogP) is 6.99. The van der Waals surface area contributed by atoms with E-state index >= 15 is 0 Å². The molecule has 4 rings (SSSR count). The van der Waals surface area contributed by atoms with Crippen molar-refractivity contribution < 1.29 is 22.8 Å². The molecule has 4 aromatic rings. The van der Waals surface area contributed by atoms with Crippen molar-refractivity contribution in [3.8, 4) is 0 Å². The van der Waals surface area contributed by atoms with Gasteiger partial charge in [-0.2, -0.15) is 17.5 Å². The first-order valence-corrected chi connectivity index (χ1v) is 12.9. The second-order valence-electron chi connectivity index (χ2n) is 10.2. The van der Waals surface area contributed by atoms with E-state index in [-0.39, 0.29) is 23.3 Å². The van der Waals surface area contributed by atoms with Crippen LogP contribution < -0.4 is 16.0 Å². The standard InChI is InChI=1S/C28H28F3N5O2S/c1-15-9-10-17(14-33-26(38)27(3,4)5)16(2)21(15)25(37)35-20-11-12-32-22-23(20)39-36-24(22)34-19-8-6-7-18(13-19)28(29,30)31/h6-13H,14H2,1-5H3,(H,33,38)(H,34,36)(H,32,35,37). The number of nitrogens with zero attached hydrogens (tertiary/aromatic N) is 2. The summed E-state index contributed by atoms with van der Waals surface area (Å²) in [7, 11) is 0. The third-order valence-electron chi connectivity index (χ3n) is 6.19. The molecule has 0 unspecified atom stereocenters. The molecule has 11 heteroatoms. The van der Waals surface area contributed by atoms with Crippen LogP contribution in [0.1, 0.15) is 53.4 Å². The number of pyridine rings is 1. The van der Waals surface area contributed by atoms with Crippen LogP contribution in [0.2, 0.25) is 0 Å². The Morgan fingerprint density at radius 2 is 1.77 bits per heavy atom. The number of hydrogen-bond acceptors (Lipinski definition) is 6. The molecule has 204 valence electrons. The number of carbonyl (C=O) groups is 2. The third kappa shape index (κ3) is 6.19. The highest BCUT2D eigenvalue weighted by molar-refractivity contribution is 7.14. The molecule has 0 saturated carbocycles. The van der Waals surface area contributed by atoms with E-state index in [1.165, 1.54) is 18.3 Å². The van der Waals surface area contributed by atoms with E-state index in [0.29, 0.717) is 28.0 Å². The molecule has 0 aliphatic heterocycles. The number of fused-ring (bicyclic) bond motifs is 1. The highest BCUT2D eigenvalue weighted by Crippen LogP contribution is 2.35. The van der Waals surface area contributed by atoms with Gasteiger partial charge in [0.2, 0.25) is 5.91 Å². The van der Waals surface area contributed by atoms with E-state index in [4.69, 9.17) is 0 Å². The summed E-state index contributed by atoms with van der Waals surface area (Å²) in [6.45, 7) is 9.47. The summed E-state index contributed by atoms with van der Waals surface area (Å²) in [6, 6.07) is 10.2. The highest BCUT2D eigenvalue weighted by atomic mass is 32.1. The first-order chi connectivity index (χ1) is 18.3. The lowest BCUT2D eigenvalue weighted by atomic mass is 9.94. The Morgan fingerprint density at radius 3 is 2.46 bits per heavy atom. The van der Waals surface area contributed by atoms with Gasteiger partial charge in [-0.15, -0.1) is 0 Å². The van der Waals surface area contributed by atoms with Crippen molar-refractivity contribution in [1.82, 2.24) is 14.7 Å². The van der Waals surface area contributed by atoms with Crippen LogP contribution in [0, 0.1) is 19.3 Å². The van der Waals surface area contributed by atoms with Gasteiger partial charge >= 0.3 is 6.18 Å². The molecular weight excluding hydrogens is 527 g/mol. The first kappa shape index (κ1) is 28.0. The second-order valence-corrected chi connectivity index (χ2v) is 11.0. The maximum atomic E-state index is 13.4. The normalized spacial score (nSPS) is 11.9. The zero-order valence-electron chi connectivity index (χ0n) is 22.1. The fourth-order valence-electron chi connectivity index (χ4n) is 3.99. The van der Waals surface area contributed by atoms with Crippen LogP contribution in [0.5, 0.6) is 0 Å². The number of carbonyl (C=O) groups excluding carboxylic acids is 2. The number of hydrogen-bond donors (Lipinski definition) is 3. The Labute approximate surface area is 228 Å². The molecule has 2 aromatic carbocycles. The monoisotopic (exact) mass is 555 g/mol. The van der Waals surface area contributed by atoms with Crippen molar-refractivity contribution in [2.45, 2.75) is 47.3 Å². The van der Waals surface area contributed by atoms with Crippen molar-refractivity contribution in [1.29, 1.82) is 0 Å². The van der Waals surface area contributed by atoms with Crippen molar-refractivity contribution in [2.24, 2.45) is 5.41 Å². The number of aryl methyl sites for hydroxylation is 1. The number of amides is 2. The SMILES string of the molecule is Cc1ccc(CNC(=O)C(C)(C)C)c(C)c1C(=O)Nc1ccnc2c(Nc3cccc(C(F)(F)F)c3)nsc12. The molecule has 0 bridgehead atoms. The van der Waals surface area contributed by atoms with Gasteiger partial charge in [-0.25, -0.2) is 0 Å². The van der Waals surface area contributed by atoms with Crippen LogP contribution in [0.25, 0.3) is 10.2 Å². The Balaban J connectivity index is 1.58. The van der Waals surface area contributed by atoms with Crippen LogP contribution >= 0.6 is 11.5 Å². The van der Waals surface area contributed by atoms with Gasteiger partial charge in [0.25, 0.3) is 5.91 Å². The lowest BCUT2D eigenvalue weighted by molar-refractivity contribution is -0.137. The number of halogens is 3. The first-order valence-electron chi connectivity index (χ1n) is 12.1. The largest absolute Gasteiger partial charge is 0.416 e. The molecule has 0 saturated heterocycles. The number of benzene rings is 2. The van der Waals surface area contributed by atoms with Crippen molar-refractivity contribution in [3.05, 3.63) is 76.5 Å². The van der Waals surface area contributed by atoms with Crippen molar-refractivity contribution in [3.63, 3.8) is 0 Å². The van der Waals surface area contributed by atoms with Crippen LogP contribution in [0.15, 0.2) is 48.7 Å². The number of rotatable bonds is 6. The number of nitrogens with one attached hydrogen (secondary N) is 3. The summed E-state index contributed by atoms with van der Waals surface area (Å²) in [4.78, 5) is 30.1. The summed E-state index contributed by atoms with van der Waals surface area (Å²) in [5.74, 6) is -0.135. The molecule has 7 nitrogen and oxygen atoms in total. The molecule has 0 aliphatic rings. The van der Waals surface area contributed by atoms with E-state index in [0.717, 1.165) is 40.4 Å². The molecule has 0 aliphatic carbocycles. The van der Waals surface area contributed by atoms with E-state index in [2.05, 4.69) is 25.3 Å². The van der Waals surface area contributed by atoms with E-state index in [9.17, 15) is 22.8 Å². The molecule has 2 aromatic heterocycles. The summed E-state index contributed by atoms with van der Waals surface area (Å²) >= 11 is 1.07. The van der Waals surface area contributed by atoms with E-state index in [1.807, 2.05) is 46.8 Å². The minimum atomic E-state index is -4.47. The summed E-state index contributed by atoms with van der Waals surface area (Å²) in [5, 5.41) is 8.75. The molecule has 2 heterocycles. The molecule has 0 radical (unpaired) electrons. The third-order valence-corrected chi connectivity index (χ3v) is 7.06. The van der Waals surface area contributed by atoms with Gasteiger partial charge in [0, 0.05) is 29.4 Å². The second kappa shape index (κ2) is 10.6. The van der Waals surface area contributed by atoms with Crippen molar-refractivity contribution in [2.75, 3.05) is 10.6 Å². The van der Waals surface area contributed by atoms with E-state index < -0.39 is 17.2 Å². The van der Waals surface area contributed by atoms with E-state index in [1.54, 1.807) is 6.07 Å². The summed E-state index contributed by atoms with van der Waals surface area (Å²) < 4.78 is 44.2. The van der Waals surface area contributed by atoms with Gasteiger partial charge in [0.1, 0.15) is 5.52 Å². The van der Waals surface area contributed by atoms with Crippen LogP contribution in [-0.4, -0.2) is 21.2 Å². The Kier molecular flexibility index (Phi) is 7.65. The van der Waals surface area contributed by atoms with Crippen LogP contribution in [0.4, 0.5) is 30.4 Å². The minimum absolute atomic E-state index is 0.0904. The molecule has 0 atom stereocenters. The van der Waals surface area contributed by atoms with Gasteiger partial charge in [-0.3, -0.25) is 14.6 Å². The van der Waals surface area contributed by atoms with Gasteiger partial charge in [0.05, 0.1) is 16.0 Å². The Bertz CT molecular complexity index is 1560.